The standard InChI is InChI=1S/C13H10ClNO3S3/c14-12-4-3-10(20-12)8-21(16,17)7-9-6-18-13(15-9)11-2-1-5-19-11/h1-6H,7-8H2. The first-order chi connectivity index (χ1) is 10.0. The van der Waals surface area contributed by atoms with E-state index < -0.39 is 9.84 Å². The molecule has 110 valence electrons. The average Bonchev–Trinajstić information content (AvgIpc) is 3.09. The third-order valence-corrected chi connectivity index (χ3v) is 6.40. The number of thiophene rings is 2. The van der Waals surface area contributed by atoms with Gasteiger partial charge in [-0.15, -0.1) is 22.7 Å². The predicted octanol–water partition coefficient (Wildman–Crippen LogP) is 4.23. The van der Waals surface area contributed by atoms with Crippen molar-refractivity contribution in [2.75, 3.05) is 0 Å². The smallest absolute Gasteiger partial charge is 0.236 e. The van der Waals surface area contributed by atoms with Crippen LogP contribution in [0.2, 0.25) is 4.34 Å². The Morgan fingerprint density at radius 3 is 2.76 bits per heavy atom. The Bertz CT molecular complexity index is 834. The van der Waals surface area contributed by atoms with Crippen molar-refractivity contribution in [3.05, 3.63) is 50.8 Å². The Labute approximate surface area is 134 Å². The zero-order chi connectivity index (χ0) is 14.9. The summed E-state index contributed by atoms with van der Waals surface area (Å²) in [5.41, 5.74) is 0.418. The molecule has 0 saturated heterocycles. The summed E-state index contributed by atoms with van der Waals surface area (Å²) < 4.78 is 30.2. The van der Waals surface area contributed by atoms with Gasteiger partial charge in [0.15, 0.2) is 9.84 Å². The number of rotatable bonds is 5. The normalized spacial score (nSPS) is 11.9. The number of nitrogens with zero attached hydrogens (tertiary/aromatic N) is 1. The highest BCUT2D eigenvalue weighted by Gasteiger charge is 2.18. The van der Waals surface area contributed by atoms with Crippen molar-refractivity contribution in [1.82, 2.24) is 4.98 Å². The van der Waals surface area contributed by atoms with Crippen molar-refractivity contribution in [2.24, 2.45) is 0 Å². The summed E-state index contributed by atoms with van der Waals surface area (Å²) in [6.07, 6.45) is 1.40. The maximum absolute atomic E-state index is 12.2. The predicted molar refractivity (Wildman–Crippen MR) is 85.5 cm³/mol. The van der Waals surface area contributed by atoms with E-state index in [0.29, 0.717) is 15.9 Å². The van der Waals surface area contributed by atoms with Gasteiger partial charge in [-0.3, -0.25) is 0 Å². The maximum Gasteiger partial charge on any atom is 0.236 e. The molecule has 0 amide bonds. The van der Waals surface area contributed by atoms with Crippen LogP contribution in [0.25, 0.3) is 10.8 Å². The first-order valence-corrected chi connectivity index (χ1v) is 9.84. The number of oxazole rings is 1. The van der Waals surface area contributed by atoms with Crippen molar-refractivity contribution >= 4 is 44.1 Å². The van der Waals surface area contributed by atoms with E-state index in [2.05, 4.69) is 4.98 Å². The Kier molecular flexibility index (Phi) is 4.17. The molecule has 0 atom stereocenters. The minimum Gasteiger partial charge on any atom is -0.444 e. The van der Waals surface area contributed by atoms with Crippen LogP contribution in [0.4, 0.5) is 0 Å². The topological polar surface area (TPSA) is 60.2 Å². The summed E-state index contributed by atoms with van der Waals surface area (Å²) >= 11 is 8.57. The highest BCUT2D eigenvalue weighted by Crippen LogP contribution is 2.26. The van der Waals surface area contributed by atoms with E-state index >= 15 is 0 Å². The van der Waals surface area contributed by atoms with Crippen LogP contribution in [-0.4, -0.2) is 13.4 Å². The molecular weight excluding hydrogens is 350 g/mol. The third-order valence-electron chi connectivity index (χ3n) is 2.64. The Hall–Kier alpha value is -1.15. The van der Waals surface area contributed by atoms with Gasteiger partial charge in [-0.1, -0.05) is 17.7 Å². The van der Waals surface area contributed by atoms with Gasteiger partial charge in [-0.2, -0.15) is 0 Å². The van der Waals surface area contributed by atoms with Crippen molar-refractivity contribution in [1.29, 1.82) is 0 Å². The number of aromatic nitrogens is 1. The minimum atomic E-state index is -3.30. The molecule has 0 saturated carbocycles. The van der Waals surface area contributed by atoms with E-state index in [4.69, 9.17) is 16.0 Å². The van der Waals surface area contributed by atoms with Gasteiger partial charge in [-0.25, -0.2) is 13.4 Å². The molecule has 0 aromatic carbocycles. The lowest BCUT2D eigenvalue weighted by molar-refractivity contribution is 0.573. The molecule has 3 heterocycles. The minimum absolute atomic E-state index is 0.0361. The molecule has 3 aromatic rings. The monoisotopic (exact) mass is 359 g/mol. The van der Waals surface area contributed by atoms with Gasteiger partial charge >= 0.3 is 0 Å². The molecule has 0 aliphatic carbocycles. The van der Waals surface area contributed by atoms with Crippen LogP contribution in [-0.2, 0) is 21.3 Å². The molecule has 0 spiro atoms. The highest BCUT2D eigenvalue weighted by atomic mass is 35.5. The van der Waals surface area contributed by atoms with Crippen LogP contribution in [0.5, 0.6) is 0 Å². The van der Waals surface area contributed by atoms with E-state index in [1.54, 1.807) is 12.1 Å². The molecule has 0 N–H and O–H groups in total. The summed E-state index contributed by atoms with van der Waals surface area (Å²) in [5.74, 6) is 0.276. The summed E-state index contributed by atoms with van der Waals surface area (Å²) in [4.78, 5) is 5.83. The molecule has 21 heavy (non-hydrogen) atoms. The second-order valence-corrected chi connectivity index (χ2v) is 9.17. The molecule has 0 unspecified atom stereocenters. The molecule has 8 heteroatoms. The molecular formula is C13H10ClNO3S3. The molecule has 0 aliphatic rings. The van der Waals surface area contributed by atoms with Gasteiger partial charge in [0, 0.05) is 4.88 Å². The quantitative estimate of drug-likeness (QED) is 0.683. The molecule has 0 aliphatic heterocycles. The van der Waals surface area contributed by atoms with Gasteiger partial charge in [0.05, 0.1) is 26.4 Å². The number of sulfone groups is 1. The maximum atomic E-state index is 12.2. The lowest BCUT2D eigenvalue weighted by Crippen LogP contribution is -2.06. The number of hydrogen-bond acceptors (Lipinski definition) is 6. The van der Waals surface area contributed by atoms with Crippen molar-refractivity contribution in [3.63, 3.8) is 0 Å². The summed E-state index contributed by atoms with van der Waals surface area (Å²) in [6.45, 7) is 0. The molecule has 0 radical (unpaired) electrons. The van der Waals surface area contributed by atoms with Gasteiger partial charge in [0.25, 0.3) is 0 Å². The number of hydrogen-bond donors (Lipinski definition) is 0. The van der Waals surface area contributed by atoms with E-state index in [0.717, 1.165) is 9.75 Å². The first-order valence-electron chi connectivity index (χ1n) is 5.95. The molecule has 3 rings (SSSR count). The Morgan fingerprint density at radius 2 is 2.10 bits per heavy atom. The van der Waals surface area contributed by atoms with Crippen LogP contribution in [0, 0.1) is 0 Å². The molecule has 4 nitrogen and oxygen atoms in total. The summed E-state index contributed by atoms with van der Waals surface area (Å²) in [5, 5.41) is 1.91. The van der Waals surface area contributed by atoms with Crippen molar-refractivity contribution in [2.45, 2.75) is 11.5 Å². The van der Waals surface area contributed by atoms with Crippen molar-refractivity contribution < 1.29 is 12.8 Å². The second-order valence-electron chi connectivity index (χ2n) is 4.36. The zero-order valence-electron chi connectivity index (χ0n) is 10.7. The molecule has 0 fully saturated rings. The van der Waals surface area contributed by atoms with Crippen LogP contribution >= 0.6 is 34.3 Å². The van der Waals surface area contributed by atoms with E-state index in [1.807, 2.05) is 17.5 Å². The van der Waals surface area contributed by atoms with Crippen LogP contribution in [0.3, 0.4) is 0 Å². The average molecular weight is 360 g/mol. The second kappa shape index (κ2) is 5.92. The molecule has 3 aromatic heterocycles. The van der Waals surface area contributed by atoms with E-state index in [1.165, 1.54) is 28.9 Å². The fraction of sp³-hybridized carbons (Fsp3) is 0.154. The van der Waals surface area contributed by atoms with Gasteiger partial charge in [0.2, 0.25) is 5.89 Å². The van der Waals surface area contributed by atoms with Crippen LogP contribution in [0.1, 0.15) is 10.6 Å². The lowest BCUT2D eigenvalue weighted by Gasteiger charge is -1.99. The van der Waals surface area contributed by atoms with Gasteiger partial charge < -0.3 is 4.42 Å². The third kappa shape index (κ3) is 3.74. The summed E-state index contributed by atoms with van der Waals surface area (Å²) in [7, 11) is -3.30. The van der Waals surface area contributed by atoms with Gasteiger partial charge in [-0.05, 0) is 23.6 Å². The van der Waals surface area contributed by atoms with E-state index in [9.17, 15) is 8.42 Å². The summed E-state index contributed by atoms with van der Waals surface area (Å²) in [6, 6.07) is 7.19. The van der Waals surface area contributed by atoms with Crippen LogP contribution in [0.15, 0.2) is 40.3 Å². The highest BCUT2D eigenvalue weighted by molar-refractivity contribution is 7.90. The van der Waals surface area contributed by atoms with Crippen molar-refractivity contribution in [3.8, 4) is 10.8 Å². The Morgan fingerprint density at radius 1 is 1.24 bits per heavy atom. The van der Waals surface area contributed by atoms with Gasteiger partial charge in [0.1, 0.15) is 6.26 Å². The number of halogens is 1. The van der Waals surface area contributed by atoms with Crippen LogP contribution < -0.4 is 0 Å². The van der Waals surface area contributed by atoms with E-state index in [-0.39, 0.29) is 11.5 Å². The fourth-order valence-corrected chi connectivity index (χ4v) is 5.34. The molecule has 0 bridgehead atoms. The first kappa shape index (κ1) is 14.8. The zero-order valence-corrected chi connectivity index (χ0v) is 13.9. The Balaban J connectivity index is 1.73. The fourth-order valence-electron chi connectivity index (χ4n) is 1.81. The largest absolute Gasteiger partial charge is 0.444 e. The lowest BCUT2D eigenvalue weighted by atomic mass is 10.5. The SMILES string of the molecule is O=S(=O)(Cc1coc(-c2cccs2)n1)Cc1ccc(Cl)s1.